The van der Waals surface area contributed by atoms with Gasteiger partial charge in [-0.3, -0.25) is 10.5 Å². The summed E-state index contributed by atoms with van der Waals surface area (Å²) in [6, 6.07) is 8.20. The van der Waals surface area contributed by atoms with Crippen molar-refractivity contribution in [3.05, 3.63) is 46.2 Å². The van der Waals surface area contributed by atoms with E-state index in [4.69, 9.17) is 5.84 Å². The van der Waals surface area contributed by atoms with E-state index in [0.717, 1.165) is 28.0 Å². The van der Waals surface area contributed by atoms with Gasteiger partial charge in [0, 0.05) is 26.3 Å². The van der Waals surface area contributed by atoms with Crippen LogP contribution in [-0.2, 0) is 6.54 Å². The van der Waals surface area contributed by atoms with Gasteiger partial charge in [-0.1, -0.05) is 12.1 Å². The molecule has 2 aromatic rings. The number of hydrogen-bond acceptors (Lipinski definition) is 4. The lowest BCUT2D eigenvalue weighted by Crippen LogP contribution is -2.31. The van der Waals surface area contributed by atoms with Crippen molar-refractivity contribution in [1.29, 1.82) is 0 Å². The number of anilines is 1. The van der Waals surface area contributed by atoms with E-state index >= 15 is 0 Å². The Bertz CT molecular complexity index is 579. The Morgan fingerprint density at radius 1 is 1.45 bits per heavy atom. The van der Waals surface area contributed by atoms with Crippen LogP contribution in [0.4, 0.5) is 5.69 Å². The van der Waals surface area contributed by atoms with Gasteiger partial charge in [0.05, 0.1) is 22.4 Å². The zero-order valence-electron chi connectivity index (χ0n) is 12.0. The summed E-state index contributed by atoms with van der Waals surface area (Å²) >= 11 is 3.55. The van der Waals surface area contributed by atoms with Crippen molar-refractivity contribution in [2.24, 2.45) is 5.84 Å². The molecule has 0 amide bonds. The average Bonchev–Trinajstić information content (AvgIpc) is 2.82. The van der Waals surface area contributed by atoms with Gasteiger partial charge >= 0.3 is 0 Å². The van der Waals surface area contributed by atoms with Crippen molar-refractivity contribution in [3.8, 4) is 0 Å². The van der Waals surface area contributed by atoms with Gasteiger partial charge in [0.1, 0.15) is 0 Å². The standard InChI is InChI=1S/C14H20BrN5/c1-4-20-14(12(15)9-17-20)13(18-16)10-6-5-7-11(8-10)19(2)3/h5-9,13,18H,4,16H2,1-3H3. The first-order valence-corrected chi connectivity index (χ1v) is 7.32. The normalized spacial score (nSPS) is 12.4. The van der Waals surface area contributed by atoms with Crippen LogP contribution < -0.4 is 16.2 Å². The van der Waals surface area contributed by atoms with Gasteiger partial charge in [-0.15, -0.1) is 0 Å². The fourth-order valence-electron chi connectivity index (χ4n) is 2.23. The molecule has 0 saturated heterocycles. The number of nitrogens with one attached hydrogen (secondary N) is 1. The van der Waals surface area contributed by atoms with E-state index in [2.05, 4.69) is 56.5 Å². The van der Waals surface area contributed by atoms with Crippen LogP contribution in [-0.4, -0.2) is 23.9 Å². The van der Waals surface area contributed by atoms with E-state index < -0.39 is 0 Å². The summed E-state index contributed by atoms with van der Waals surface area (Å²) in [5, 5.41) is 4.35. The maximum absolute atomic E-state index is 5.79. The van der Waals surface area contributed by atoms with Gasteiger partial charge in [0.2, 0.25) is 0 Å². The molecule has 108 valence electrons. The summed E-state index contributed by atoms with van der Waals surface area (Å²) in [6.45, 7) is 2.86. The van der Waals surface area contributed by atoms with Crippen LogP contribution in [0.3, 0.4) is 0 Å². The van der Waals surface area contributed by atoms with E-state index in [-0.39, 0.29) is 6.04 Å². The third kappa shape index (κ3) is 2.87. The van der Waals surface area contributed by atoms with Gasteiger partial charge in [-0.05, 0) is 40.5 Å². The Hall–Kier alpha value is -1.37. The molecule has 1 unspecified atom stereocenters. The lowest BCUT2D eigenvalue weighted by molar-refractivity contribution is 0.542. The van der Waals surface area contributed by atoms with E-state index in [9.17, 15) is 0 Å². The number of rotatable bonds is 5. The minimum absolute atomic E-state index is 0.105. The van der Waals surface area contributed by atoms with E-state index in [1.165, 1.54) is 0 Å². The second kappa shape index (κ2) is 6.39. The van der Waals surface area contributed by atoms with Crippen molar-refractivity contribution < 1.29 is 0 Å². The summed E-state index contributed by atoms with van der Waals surface area (Å²) in [6.07, 6.45) is 1.80. The number of aryl methyl sites for hydroxylation is 1. The molecule has 1 aromatic carbocycles. The molecular weight excluding hydrogens is 318 g/mol. The first-order valence-electron chi connectivity index (χ1n) is 6.53. The van der Waals surface area contributed by atoms with E-state index in [0.29, 0.717) is 0 Å². The Kier molecular flexibility index (Phi) is 4.80. The summed E-state index contributed by atoms with van der Waals surface area (Å²) in [4.78, 5) is 2.07. The van der Waals surface area contributed by atoms with Crippen LogP contribution in [0.25, 0.3) is 0 Å². The maximum atomic E-state index is 5.79. The predicted molar refractivity (Wildman–Crippen MR) is 85.5 cm³/mol. The SMILES string of the molecule is CCn1ncc(Br)c1C(NN)c1cccc(N(C)C)c1. The number of hydrazine groups is 1. The molecule has 20 heavy (non-hydrogen) atoms. The van der Waals surface area contributed by atoms with Crippen LogP contribution in [0.5, 0.6) is 0 Å². The molecule has 3 N–H and O–H groups in total. The van der Waals surface area contributed by atoms with Crippen molar-refractivity contribution in [2.45, 2.75) is 19.5 Å². The predicted octanol–water partition coefficient (Wildman–Crippen LogP) is 2.28. The number of halogens is 1. The van der Waals surface area contributed by atoms with Gasteiger partial charge in [0.15, 0.2) is 0 Å². The minimum Gasteiger partial charge on any atom is -0.378 e. The molecule has 0 fully saturated rings. The third-order valence-electron chi connectivity index (χ3n) is 3.29. The Morgan fingerprint density at radius 2 is 2.20 bits per heavy atom. The average molecular weight is 338 g/mol. The molecule has 0 aliphatic heterocycles. The van der Waals surface area contributed by atoms with Gasteiger partial charge in [-0.2, -0.15) is 5.10 Å². The van der Waals surface area contributed by atoms with E-state index in [1.54, 1.807) is 6.20 Å². The summed E-state index contributed by atoms with van der Waals surface area (Å²) in [5.74, 6) is 5.79. The highest BCUT2D eigenvalue weighted by Gasteiger charge is 2.20. The molecule has 1 atom stereocenters. The monoisotopic (exact) mass is 337 g/mol. The molecule has 1 heterocycles. The molecular formula is C14H20BrN5. The van der Waals surface area contributed by atoms with Crippen LogP contribution in [0.15, 0.2) is 34.9 Å². The largest absolute Gasteiger partial charge is 0.378 e. The fourth-order valence-corrected chi connectivity index (χ4v) is 2.75. The van der Waals surface area contributed by atoms with Crippen LogP contribution >= 0.6 is 15.9 Å². The lowest BCUT2D eigenvalue weighted by atomic mass is 10.0. The molecule has 2 rings (SSSR count). The maximum Gasteiger partial charge on any atom is 0.0890 e. The lowest BCUT2D eigenvalue weighted by Gasteiger charge is -2.21. The number of hydrogen-bond donors (Lipinski definition) is 2. The Morgan fingerprint density at radius 3 is 2.80 bits per heavy atom. The molecule has 0 aliphatic rings. The molecule has 5 nitrogen and oxygen atoms in total. The second-order valence-corrected chi connectivity index (χ2v) is 5.64. The Balaban J connectivity index is 2.47. The highest BCUT2D eigenvalue weighted by molar-refractivity contribution is 9.10. The molecule has 0 bridgehead atoms. The molecule has 0 aliphatic carbocycles. The van der Waals surface area contributed by atoms with Crippen molar-refractivity contribution >= 4 is 21.6 Å². The number of benzene rings is 1. The van der Waals surface area contributed by atoms with Gasteiger partial charge < -0.3 is 4.90 Å². The summed E-state index contributed by atoms with van der Waals surface area (Å²) < 4.78 is 2.90. The highest BCUT2D eigenvalue weighted by atomic mass is 79.9. The number of nitrogens with two attached hydrogens (primary N) is 1. The topological polar surface area (TPSA) is 59.1 Å². The van der Waals surface area contributed by atoms with Crippen molar-refractivity contribution in [1.82, 2.24) is 15.2 Å². The fraction of sp³-hybridized carbons (Fsp3) is 0.357. The second-order valence-electron chi connectivity index (χ2n) is 4.78. The zero-order chi connectivity index (χ0) is 14.7. The number of nitrogens with zero attached hydrogens (tertiary/aromatic N) is 3. The molecule has 1 aromatic heterocycles. The zero-order valence-corrected chi connectivity index (χ0v) is 13.6. The van der Waals surface area contributed by atoms with Gasteiger partial charge in [0.25, 0.3) is 0 Å². The molecule has 0 radical (unpaired) electrons. The van der Waals surface area contributed by atoms with Crippen molar-refractivity contribution in [3.63, 3.8) is 0 Å². The Labute approximate surface area is 127 Å². The van der Waals surface area contributed by atoms with Crippen molar-refractivity contribution in [2.75, 3.05) is 19.0 Å². The smallest absolute Gasteiger partial charge is 0.0890 e. The van der Waals surface area contributed by atoms with Crippen LogP contribution in [0.1, 0.15) is 24.2 Å². The van der Waals surface area contributed by atoms with E-state index in [1.807, 2.05) is 24.8 Å². The number of aromatic nitrogens is 2. The minimum atomic E-state index is -0.105. The quantitative estimate of drug-likeness (QED) is 0.649. The van der Waals surface area contributed by atoms with Gasteiger partial charge in [-0.25, -0.2) is 5.43 Å². The summed E-state index contributed by atoms with van der Waals surface area (Å²) in [5.41, 5.74) is 6.17. The molecule has 0 spiro atoms. The summed E-state index contributed by atoms with van der Waals surface area (Å²) in [7, 11) is 4.05. The van der Waals surface area contributed by atoms with Crippen LogP contribution in [0, 0.1) is 0 Å². The first-order chi connectivity index (χ1) is 9.58. The third-order valence-corrected chi connectivity index (χ3v) is 3.90. The first kappa shape index (κ1) is 15.0. The molecule has 6 heteroatoms. The van der Waals surface area contributed by atoms with Crippen LogP contribution in [0.2, 0.25) is 0 Å². The molecule has 0 saturated carbocycles. The highest BCUT2D eigenvalue weighted by Crippen LogP contribution is 2.29.